The third-order valence-electron chi connectivity index (χ3n) is 5.11. The highest BCUT2D eigenvalue weighted by Gasteiger charge is 2.26. The van der Waals surface area contributed by atoms with E-state index in [4.69, 9.17) is 0 Å². The Kier molecular flexibility index (Phi) is 6.81. The Morgan fingerprint density at radius 3 is 2.67 bits per heavy atom. The number of aromatic nitrogens is 1. The molecular formula is C23H23N3O2S2. The van der Waals surface area contributed by atoms with E-state index in [9.17, 15) is 9.59 Å². The third-order valence-corrected chi connectivity index (χ3v) is 7.29. The summed E-state index contributed by atoms with van der Waals surface area (Å²) in [6, 6.07) is 15.6. The van der Waals surface area contributed by atoms with Gasteiger partial charge in [-0.05, 0) is 48.6 Å². The first kappa shape index (κ1) is 20.6. The smallest absolute Gasteiger partial charge is 0.254 e. The zero-order chi connectivity index (χ0) is 20.8. The van der Waals surface area contributed by atoms with Crippen LogP contribution in [0.25, 0.3) is 0 Å². The van der Waals surface area contributed by atoms with E-state index >= 15 is 0 Å². The van der Waals surface area contributed by atoms with Crippen LogP contribution in [-0.4, -0.2) is 40.8 Å². The first-order valence-electron chi connectivity index (χ1n) is 9.95. The summed E-state index contributed by atoms with van der Waals surface area (Å²) in [5.41, 5.74) is 1.32. The molecule has 0 aliphatic carbocycles. The predicted octanol–water partition coefficient (Wildman–Crippen LogP) is 4.47. The van der Waals surface area contributed by atoms with Gasteiger partial charge in [0.1, 0.15) is 0 Å². The molecule has 0 radical (unpaired) electrons. The van der Waals surface area contributed by atoms with Crippen LogP contribution < -0.4 is 5.32 Å². The van der Waals surface area contributed by atoms with Crippen molar-refractivity contribution in [3.05, 3.63) is 82.3 Å². The first-order valence-corrected chi connectivity index (χ1v) is 11.8. The predicted molar refractivity (Wildman–Crippen MR) is 121 cm³/mol. The van der Waals surface area contributed by atoms with E-state index in [1.165, 1.54) is 4.88 Å². The molecule has 7 heteroatoms. The largest absolute Gasteiger partial charge is 0.349 e. The Morgan fingerprint density at radius 1 is 1.10 bits per heavy atom. The van der Waals surface area contributed by atoms with E-state index in [0.717, 1.165) is 29.1 Å². The van der Waals surface area contributed by atoms with Crippen molar-refractivity contribution in [3.63, 3.8) is 0 Å². The van der Waals surface area contributed by atoms with Gasteiger partial charge in [-0.25, -0.2) is 0 Å². The summed E-state index contributed by atoms with van der Waals surface area (Å²) in [7, 11) is 0. The molecular weight excluding hydrogens is 414 g/mol. The lowest BCUT2D eigenvalue weighted by Gasteiger charge is -2.32. The Balaban J connectivity index is 1.34. The van der Waals surface area contributed by atoms with Crippen LogP contribution in [0.3, 0.4) is 0 Å². The Morgan fingerprint density at radius 2 is 1.93 bits per heavy atom. The van der Waals surface area contributed by atoms with Crippen LogP contribution in [0.2, 0.25) is 0 Å². The van der Waals surface area contributed by atoms with E-state index < -0.39 is 0 Å². The summed E-state index contributed by atoms with van der Waals surface area (Å²) in [6.07, 6.45) is 4.72. The number of carbonyl (C=O) groups excluding carboxylic acids is 2. The second-order valence-electron chi connectivity index (χ2n) is 7.15. The number of nitrogens with one attached hydrogen (secondary N) is 1. The number of piperidine rings is 1. The van der Waals surface area contributed by atoms with Gasteiger partial charge in [-0.15, -0.1) is 23.1 Å². The molecule has 0 bridgehead atoms. The van der Waals surface area contributed by atoms with Crippen LogP contribution >= 0.6 is 23.1 Å². The van der Waals surface area contributed by atoms with Gasteiger partial charge >= 0.3 is 0 Å². The zero-order valence-electron chi connectivity index (χ0n) is 16.5. The van der Waals surface area contributed by atoms with E-state index in [0.29, 0.717) is 18.7 Å². The number of carbonyl (C=O) groups is 2. The molecule has 1 fully saturated rings. The lowest BCUT2D eigenvalue weighted by molar-refractivity contribution is 0.0694. The SMILES string of the molecule is O=C(NC1CCN(C(=O)c2ccccc2SCc2cccs2)CC1)c1cccnc1. The number of thiophene rings is 1. The highest BCUT2D eigenvalue weighted by molar-refractivity contribution is 7.98. The molecule has 154 valence electrons. The van der Waals surface area contributed by atoms with Crippen LogP contribution in [0.4, 0.5) is 0 Å². The van der Waals surface area contributed by atoms with Gasteiger partial charge in [0.05, 0.1) is 11.1 Å². The summed E-state index contributed by atoms with van der Waals surface area (Å²) in [5.74, 6) is 0.828. The number of nitrogens with zero attached hydrogens (tertiary/aromatic N) is 2. The first-order chi connectivity index (χ1) is 14.7. The summed E-state index contributed by atoms with van der Waals surface area (Å²) >= 11 is 3.44. The molecule has 0 unspecified atom stereocenters. The lowest BCUT2D eigenvalue weighted by atomic mass is 10.0. The second-order valence-corrected chi connectivity index (χ2v) is 9.20. The van der Waals surface area contributed by atoms with Gasteiger partial charge < -0.3 is 10.2 Å². The fraction of sp³-hybridized carbons (Fsp3) is 0.261. The lowest BCUT2D eigenvalue weighted by Crippen LogP contribution is -2.46. The maximum atomic E-state index is 13.2. The third kappa shape index (κ3) is 5.09. The maximum absolute atomic E-state index is 13.2. The minimum absolute atomic E-state index is 0.0707. The molecule has 2 amide bonds. The van der Waals surface area contributed by atoms with Crippen LogP contribution in [0.15, 0.2) is 71.2 Å². The van der Waals surface area contributed by atoms with Crippen molar-refractivity contribution < 1.29 is 9.59 Å². The highest BCUT2D eigenvalue weighted by Crippen LogP contribution is 2.29. The van der Waals surface area contributed by atoms with Crippen molar-refractivity contribution in [1.29, 1.82) is 0 Å². The molecule has 1 aliphatic rings. The molecule has 0 spiro atoms. The van der Waals surface area contributed by atoms with Crippen LogP contribution in [-0.2, 0) is 5.75 Å². The monoisotopic (exact) mass is 437 g/mol. The normalized spacial score (nSPS) is 14.5. The van der Waals surface area contributed by atoms with E-state index in [2.05, 4.69) is 27.8 Å². The number of thioether (sulfide) groups is 1. The van der Waals surface area contributed by atoms with Crippen molar-refractivity contribution in [3.8, 4) is 0 Å². The second kappa shape index (κ2) is 9.91. The minimum Gasteiger partial charge on any atom is -0.349 e. The van der Waals surface area contributed by atoms with Gasteiger partial charge in [0.2, 0.25) is 0 Å². The summed E-state index contributed by atoms with van der Waals surface area (Å²) in [4.78, 5) is 33.7. The Hall–Kier alpha value is -2.64. The number of hydrogen-bond acceptors (Lipinski definition) is 5. The summed E-state index contributed by atoms with van der Waals surface area (Å²) < 4.78 is 0. The minimum atomic E-state index is -0.108. The average molecular weight is 438 g/mol. The van der Waals surface area contributed by atoms with Gasteiger partial charge in [-0.2, -0.15) is 0 Å². The molecule has 1 N–H and O–H groups in total. The number of rotatable bonds is 6. The molecule has 2 aromatic heterocycles. The molecule has 0 atom stereocenters. The average Bonchev–Trinajstić information content (AvgIpc) is 3.32. The van der Waals surface area contributed by atoms with Gasteiger partial charge in [-0.1, -0.05) is 18.2 Å². The van der Waals surface area contributed by atoms with Crippen molar-refractivity contribution >= 4 is 34.9 Å². The van der Waals surface area contributed by atoms with Crippen LogP contribution in [0.1, 0.15) is 38.4 Å². The van der Waals surface area contributed by atoms with E-state index in [1.54, 1.807) is 47.6 Å². The molecule has 1 saturated heterocycles. The molecule has 0 saturated carbocycles. The number of amides is 2. The Labute approximate surface area is 184 Å². The fourth-order valence-corrected chi connectivity index (χ4v) is 5.29. The maximum Gasteiger partial charge on any atom is 0.254 e. The van der Waals surface area contributed by atoms with Crippen molar-refractivity contribution in [1.82, 2.24) is 15.2 Å². The van der Waals surface area contributed by atoms with Gasteiger partial charge in [-0.3, -0.25) is 14.6 Å². The Bertz CT molecular complexity index is 985. The molecule has 5 nitrogen and oxygen atoms in total. The molecule has 1 aromatic carbocycles. The highest BCUT2D eigenvalue weighted by atomic mass is 32.2. The van der Waals surface area contributed by atoms with E-state index in [1.807, 2.05) is 29.2 Å². The van der Waals surface area contributed by atoms with Gasteiger partial charge in [0.25, 0.3) is 11.8 Å². The number of pyridine rings is 1. The number of benzene rings is 1. The quantitative estimate of drug-likeness (QED) is 0.578. The number of likely N-dealkylation sites (tertiary alicyclic amines) is 1. The topological polar surface area (TPSA) is 62.3 Å². The molecule has 4 rings (SSSR count). The summed E-state index contributed by atoms with van der Waals surface area (Å²) in [5, 5.41) is 5.14. The number of hydrogen-bond donors (Lipinski definition) is 1. The van der Waals surface area contributed by atoms with Crippen molar-refractivity contribution in [2.24, 2.45) is 0 Å². The van der Waals surface area contributed by atoms with Gasteiger partial charge in [0.15, 0.2) is 0 Å². The molecule has 1 aliphatic heterocycles. The van der Waals surface area contributed by atoms with Crippen LogP contribution in [0, 0.1) is 0 Å². The van der Waals surface area contributed by atoms with Gasteiger partial charge in [0, 0.05) is 47.1 Å². The molecule has 3 heterocycles. The zero-order valence-corrected chi connectivity index (χ0v) is 18.1. The fourth-order valence-electron chi connectivity index (χ4n) is 3.48. The van der Waals surface area contributed by atoms with Crippen molar-refractivity contribution in [2.75, 3.05) is 13.1 Å². The van der Waals surface area contributed by atoms with Crippen molar-refractivity contribution in [2.45, 2.75) is 29.5 Å². The standard InChI is InChI=1S/C23H23N3O2S2/c27-22(17-5-3-11-24-15-17)25-18-9-12-26(13-10-18)23(28)20-7-1-2-8-21(20)30-16-19-6-4-14-29-19/h1-8,11,14-15,18H,9-10,12-13,16H2,(H,25,27). The summed E-state index contributed by atoms with van der Waals surface area (Å²) in [6.45, 7) is 1.28. The van der Waals surface area contributed by atoms with Crippen LogP contribution in [0.5, 0.6) is 0 Å². The van der Waals surface area contributed by atoms with E-state index in [-0.39, 0.29) is 17.9 Å². The molecule has 3 aromatic rings. The molecule has 30 heavy (non-hydrogen) atoms.